The molecule has 0 unspecified atom stereocenters. The molecule has 0 radical (unpaired) electrons. The molecule has 5 nitrogen and oxygen atoms in total. The fraction of sp³-hybridized carbons (Fsp3) is 0.222. The van der Waals surface area contributed by atoms with Gasteiger partial charge in [-0.2, -0.15) is 0 Å². The van der Waals surface area contributed by atoms with Gasteiger partial charge in [-0.05, 0) is 19.1 Å². The first-order chi connectivity index (χ1) is 7.47. The normalized spacial score (nSPS) is 10.9. The standard InChI is InChI=1S/C9H10FNO4S/c1-2-15-9(12)11-16(13,14)8-6-4-3-5-7(8)10/h3-6H,2H2,1H3,(H,11,12). The number of sulfonamides is 1. The Hall–Kier alpha value is -1.63. The second-order valence-corrected chi connectivity index (χ2v) is 4.41. The second kappa shape index (κ2) is 4.93. The molecule has 0 fully saturated rings. The quantitative estimate of drug-likeness (QED) is 0.872. The summed E-state index contributed by atoms with van der Waals surface area (Å²) in [6, 6.07) is 4.73. The monoisotopic (exact) mass is 247 g/mol. The van der Waals surface area contributed by atoms with E-state index in [4.69, 9.17) is 0 Å². The maximum atomic E-state index is 13.2. The molecular weight excluding hydrogens is 237 g/mol. The Labute approximate surface area is 92.3 Å². The van der Waals surface area contributed by atoms with E-state index in [0.717, 1.165) is 12.1 Å². The molecule has 0 aliphatic rings. The van der Waals surface area contributed by atoms with Crippen LogP contribution in [0.3, 0.4) is 0 Å². The summed E-state index contributed by atoms with van der Waals surface area (Å²) in [6.45, 7) is 1.55. The van der Waals surface area contributed by atoms with Crippen LogP contribution in [0, 0.1) is 5.82 Å². The van der Waals surface area contributed by atoms with Gasteiger partial charge in [0, 0.05) is 0 Å². The predicted molar refractivity (Wildman–Crippen MR) is 53.7 cm³/mol. The molecule has 0 aliphatic heterocycles. The molecule has 1 rings (SSSR count). The number of nitrogens with one attached hydrogen (secondary N) is 1. The van der Waals surface area contributed by atoms with Crippen molar-refractivity contribution in [3.05, 3.63) is 30.1 Å². The molecule has 0 atom stereocenters. The molecular formula is C9H10FNO4S. The highest BCUT2D eigenvalue weighted by Crippen LogP contribution is 2.12. The average molecular weight is 247 g/mol. The Morgan fingerprint density at radius 2 is 2.06 bits per heavy atom. The van der Waals surface area contributed by atoms with Crippen molar-refractivity contribution in [1.82, 2.24) is 4.72 Å². The SMILES string of the molecule is CCOC(=O)NS(=O)(=O)c1ccccc1F. The number of halogens is 1. The molecule has 1 aromatic carbocycles. The lowest BCUT2D eigenvalue weighted by Crippen LogP contribution is -2.31. The molecule has 0 bridgehead atoms. The van der Waals surface area contributed by atoms with Crippen LogP contribution in [-0.4, -0.2) is 21.1 Å². The maximum absolute atomic E-state index is 13.2. The smallest absolute Gasteiger partial charge is 0.421 e. The van der Waals surface area contributed by atoms with Crippen molar-refractivity contribution in [1.29, 1.82) is 0 Å². The van der Waals surface area contributed by atoms with Crippen molar-refractivity contribution in [3.63, 3.8) is 0 Å². The minimum atomic E-state index is -4.21. The Kier molecular flexibility index (Phi) is 3.83. The van der Waals surface area contributed by atoms with Gasteiger partial charge < -0.3 is 4.74 Å². The van der Waals surface area contributed by atoms with E-state index < -0.39 is 26.8 Å². The highest BCUT2D eigenvalue weighted by atomic mass is 32.2. The van der Waals surface area contributed by atoms with Crippen LogP contribution in [0.2, 0.25) is 0 Å². The maximum Gasteiger partial charge on any atom is 0.421 e. The molecule has 1 aromatic rings. The zero-order valence-electron chi connectivity index (χ0n) is 8.44. The zero-order chi connectivity index (χ0) is 12.2. The van der Waals surface area contributed by atoms with Crippen molar-refractivity contribution in [2.45, 2.75) is 11.8 Å². The Balaban J connectivity index is 2.95. The van der Waals surface area contributed by atoms with Crippen LogP contribution in [0.4, 0.5) is 9.18 Å². The lowest BCUT2D eigenvalue weighted by atomic mass is 10.4. The summed E-state index contributed by atoms with van der Waals surface area (Å²) in [7, 11) is -4.21. The predicted octanol–water partition coefficient (Wildman–Crippen LogP) is 1.26. The number of amides is 1. The second-order valence-electron chi connectivity index (χ2n) is 2.76. The third-order valence-corrected chi connectivity index (χ3v) is 2.96. The highest BCUT2D eigenvalue weighted by Gasteiger charge is 2.21. The van der Waals surface area contributed by atoms with Gasteiger partial charge in [-0.3, -0.25) is 0 Å². The van der Waals surface area contributed by atoms with E-state index in [1.807, 2.05) is 0 Å². The zero-order valence-corrected chi connectivity index (χ0v) is 9.25. The Morgan fingerprint density at radius 1 is 1.44 bits per heavy atom. The van der Waals surface area contributed by atoms with Gasteiger partial charge in [0.2, 0.25) is 0 Å². The van der Waals surface area contributed by atoms with Crippen LogP contribution in [-0.2, 0) is 14.8 Å². The molecule has 0 aliphatic carbocycles. The summed E-state index contributed by atoms with van der Waals surface area (Å²) in [5.41, 5.74) is 0. The lowest BCUT2D eigenvalue weighted by Gasteiger charge is -2.06. The van der Waals surface area contributed by atoms with E-state index in [0.29, 0.717) is 0 Å². The van der Waals surface area contributed by atoms with Gasteiger partial charge in [-0.15, -0.1) is 0 Å². The van der Waals surface area contributed by atoms with Crippen LogP contribution >= 0.6 is 0 Å². The van der Waals surface area contributed by atoms with E-state index in [9.17, 15) is 17.6 Å². The lowest BCUT2D eigenvalue weighted by molar-refractivity contribution is 0.158. The van der Waals surface area contributed by atoms with Gasteiger partial charge in [0.05, 0.1) is 6.61 Å². The van der Waals surface area contributed by atoms with Gasteiger partial charge in [0.15, 0.2) is 0 Å². The summed E-state index contributed by atoms with van der Waals surface area (Å²) < 4.78 is 42.1. The van der Waals surface area contributed by atoms with E-state index in [-0.39, 0.29) is 6.61 Å². The molecule has 7 heteroatoms. The van der Waals surface area contributed by atoms with Gasteiger partial charge in [0.1, 0.15) is 10.7 Å². The number of benzene rings is 1. The van der Waals surface area contributed by atoms with Crippen molar-refractivity contribution < 1.29 is 22.3 Å². The average Bonchev–Trinajstić information content (AvgIpc) is 2.17. The van der Waals surface area contributed by atoms with Gasteiger partial charge in [-0.25, -0.2) is 22.3 Å². The summed E-state index contributed by atoms with van der Waals surface area (Å²) >= 11 is 0. The summed E-state index contributed by atoms with van der Waals surface area (Å²) in [5, 5.41) is 0. The van der Waals surface area contributed by atoms with Crippen LogP contribution in [0.15, 0.2) is 29.2 Å². The minimum Gasteiger partial charge on any atom is -0.449 e. The number of carbonyl (C=O) groups is 1. The van der Waals surface area contributed by atoms with Crippen LogP contribution in [0.25, 0.3) is 0 Å². The summed E-state index contributed by atoms with van der Waals surface area (Å²) in [5.74, 6) is -0.931. The first-order valence-electron chi connectivity index (χ1n) is 4.41. The number of rotatable bonds is 3. The van der Waals surface area contributed by atoms with Crippen molar-refractivity contribution in [2.24, 2.45) is 0 Å². The molecule has 0 heterocycles. The van der Waals surface area contributed by atoms with Crippen molar-refractivity contribution >= 4 is 16.1 Å². The first-order valence-corrected chi connectivity index (χ1v) is 5.90. The third-order valence-electron chi connectivity index (χ3n) is 1.62. The molecule has 0 saturated heterocycles. The highest BCUT2D eigenvalue weighted by molar-refractivity contribution is 7.90. The Bertz CT molecular complexity index is 486. The van der Waals surface area contributed by atoms with Crippen LogP contribution in [0.1, 0.15) is 6.92 Å². The molecule has 88 valence electrons. The molecule has 0 saturated carbocycles. The number of hydrogen-bond donors (Lipinski definition) is 1. The number of carbonyl (C=O) groups excluding carboxylic acids is 1. The third kappa shape index (κ3) is 2.93. The van der Waals surface area contributed by atoms with E-state index >= 15 is 0 Å². The van der Waals surface area contributed by atoms with Crippen LogP contribution in [0.5, 0.6) is 0 Å². The minimum absolute atomic E-state index is 0.0264. The fourth-order valence-corrected chi connectivity index (χ4v) is 1.96. The summed E-state index contributed by atoms with van der Waals surface area (Å²) in [4.78, 5) is 10.3. The van der Waals surface area contributed by atoms with Gasteiger partial charge in [-0.1, -0.05) is 12.1 Å². The summed E-state index contributed by atoms with van der Waals surface area (Å²) in [6.07, 6.45) is -1.13. The van der Waals surface area contributed by atoms with E-state index in [1.54, 1.807) is 4.72 Å². The molecule has 1 amide bonds. The first kappa shape index (κ1) is 12.4. The van der Waals surface area contributed by atoms with Crippen molar-refractivity contribution in [3.8, 4) is 0 Å². The van der Waals surface area contributed by atoms with Crippen LogP contribution < -0.4 is 4.72 Å². The largest absolute Gasteiger partial charge is 0.449 e. The fourth-order valence-electron chi connectivity index (χ4n) is 0.988. The number of hydrogen-bond acceptors (Lipinski definition) is 4. The number of ether oxygens (including phenoxy) is 1. The topological polar surface area (TPSA) is 72.5 Å². The van der Waals surface area contributed by atoms with Gasteiger partial charge >= 0.3 is 6.09 Å². The molecule has 1 N–H and O–H groups in total. The van der Waals surface area contributed by atoms with E-state index in [2.05, 4.69) is 4.74 Å². The Morgan fingerprint density at radius 3 is 2.62 bits per heavy atom. The van der Waals surface area contributed by atoms with Gasteiger partial charge in [0.25, 0.3) is 10.0 Å². The van der Waals surface area contributed by atoms with E-state index in [1.165, 1.54) is 19.1 Å². The molecule has 16 heavy (non-hydrogen) atoms. The van der Waals surface area contributed by atoms with Crippen molar-refractivity contribution in [2.75, 3.05) is 6.61 Å². The molecule has 0 aromatic heterocycles. The molecule has 0 spiro atoms.